The van der Waals surface area contributed by atoms with Crippen LogP contribution in [0.3, 0.4) is 0 Å². The average molecular weight is 425 g/mol. The minimum Gasteiger partial charge on any atom is -0.366 e. The van der Waals surface area contributed by atoms with E-state index in [1.165, 1.54) is 23.6 Å². The van der Waals surface area contributed by atoms with Crippen LogP contribution in [0.25, 0.3) is 0 Å². The minimum atomic E-state index is -3.50. The number of nitrogens with zero attached hydrogens (tertiary/aromatic N) is 2. The Morgan fingerprint density at radius 2 is 1.75 bits per heavy atom. The molecule has 0 aliphatic carbocycles. The van der Waals surface area contributed by atoms with Crippen molar-refractivity contribution in [2.24, 2.45) is 0 Å². The fourth-order valence-electron chi connectivity index (χ4n) is 3.02. The number of rotatable bonds is 7. The molecule has 1 aromatic heterocycles. The molecule has 28 heavy (non-hydrogen) atoms. The molecule has 0 bridgehead atoms. The van der Waals surface area contributed by atoms with Crippen molar-refractivity contribution in [1.29, 1.82) is 0 Å². The first kappa shape index (κ1) is 20.7. The van der Waals surface area contributed by atoms with E-state index >= 15 is 0 Å². The lowest BCUT2D eigenvalue weighted by molar-refractivity contribution is 0.346. The summed E-state index contributed by atoms with van der Waals surface area (Å²) in [5.41, 5.74) is 0.767. The maximum absolute atomic E-state index is 12.6. The van der Waals surface area contributed by atoms with Crippen LogP contribution in [0.1, 0.15) is 24.8 Å². The molecule has 0 unspecified atom stereocenters. The van der Waals surface area contributed by atoms with Gasteiger partial charge >= 0.3 is 0 Å². The molecule has 1 fully saturated rings. The Hall–Kier alpha value is -2.01. The van der Waals surface area contributed by atoms with Gasteiger partial charge in [0.25, 0.3) is 0 Å². The van der Waals surface area contributed by atoms with Gasteiger partial charge < -0.3 is 5.32 Å². The number of piperidine rings is 1. The van der Waals surface area contributed by atoms with E-state index in [9.17, 15) is 16.8 Å². The van der Waals surface area contributed by atoms with E-state index in [4.69, 9.17) is 0 Å². The van der Waals surface area contributed by atoms with Crippen molar-refractivity contribution in [2.75, 3.05) is 25.5 Å². The molecule has 8 nitrogen and oxygen atoms in total. The smallest absolute Gasteiger partial charge is 0.244 e. The molecule has 2 N–H and O–H groups in total. The predicted molar refractivity (Wildman–Crippen MR) is 107 cm³/mol. The van der Waals surface area contributed by atoms with E-state index in [0.29, 0.717) is 25.5 Å². The molecule has 0 amide bonds. The molecule has 0 spiro atoms. The standard InChI is InChI=1S/C18H24N4O4S2/c1-19-27(23,24)16-7-5-6-15(12-16)13-20-18-9-8-17(14-21-18)28(25,26)22-10-3-2-4-11-22/h5-9,12,14,19H,2-4,10-11,13H2,1H3,(H,20,21). The van der Waals surface area contributed by atoms with Gasteiger partial charge in [0, 0.05) is 25.8 Å². The van der Waals surface area contributed by atoms with Gasteiger partial charge in [-0.2, -0.15) is 4.31 Å². The van der Waals surface area contributed by atoms with Crippen molar-refractivity contribution >= 4 is 25.9 Å². The molecule has 1 saturated heterocycles. The van der Waals surface area contributed by atoms with Gasteiger partial charge in [-0.1, -0.05) is 18.6 Å². The molecule has 2 heterocycles. The highest BCUT2D eigenvalue weighted by atomic mass is 32.2. The third-order valence-electron chi connectivity index (χ3n) is 4.64. The quantitative estimate of drug-likeness (QED) is 0.701. The lowest BCUT2D eigenvalue weighted by Gasteiger charge is -2.25. The zero-order chi connectivity index (χ0) is 20.2. The molecular weight excluding hydrogens is 400 g/mol. The fraction of sp³-hybridized carbons (Fsp3) is 0.389. The van der Waals surface area contributed by atoms with E-state index in [1.807, 2.05) is 0 Å². The van der Waals surface area contributed by atoms with Crippen LogP contribution in [0.2, 0.25) is 0 Å². The lowest BCUT2D eigenvalue weighted by atomic mass is 10.2. The maximum Gasteiger partial charge on any atom is 0.244 e. The van der Waals surface area contributed by atoms with Crippen LogP contribution in [0.5, 0.6) is 0 Å². The van der Waals surface area contributed by atoms with Crippen LogP contribution >= 0.6 is 0 Å². The van der Waals surface area contributed by atoms with Crippen molar-refractivity contribution in [2.45, 2.75) is 35.6 Å². The first-order valence-electron chi connectivity index (χ1n) is 9.05. The zero-order valence-electron chi connectivity index (χ0n) is 15.6. The molecule has 152 valence electrons. The van der Waals surface area contributed by atoms with E-state index in [2.05, 4.69) is 15.0 Å². The van der Waals surface area contributed by atoms with Gasteiger partial charge in [-0.15, -0.1) is 0 Å². The summed E-state index contributed by atoms with van der Waals surface area (Å²) in [6.07, 6.45) is 4.18. The number of hydrogen-bond donors (Lipinski definition) is 2. The Labute approximate surface area is 166 Å². The van der Waals surface area contributed by atoms with Gasteiger partial charge in [-0.05, 0) is 49.7 Å². The molecule has 10 heteroatoms. The summed E-state index contributed by atoms with van der Waals surface area (Å²) in [7, 11) is -5.64. The van der Waals surface area contributed by atoms with Crippen LogP contribution in [-0.2, 0) is 26.6 Å². The summed E-state index contributed by atoms with van der Waals surface area (Å²) in [6.45, 7) is 1.46. The Balaban J connectivity index is 1.67. The van der Waals surface area contributed by atoms with E-state index in [-0.39, 0.29) is 9.79 Å². The topological polar surface area (TPSA) is 108 Å². The molecule has 3 rings (SSSR count). The number of anilines is 1. The van der Waals surface area contributed by atoms with Crippen LogP contribution in [0.15, 0.2) is 52.4 Å². The zero-order valence-corrected chi connectivity index (χ0v) is 17.3. The Kier molecular flexibility index (Phi) is 6.33. The molecule has 1 aliphatic rings. The van der Waals surface area contributed by atoms with Crippen molar-refractivity contribution in [3.63, 3.8) is 0 Å². The van der Waals surface area contributed by atoms with Gasteiger partial charge in [-0.25, -0.2) is 26.5 Å². The molecule has 0 radical (unpaired) electrons. The number of aromatic nitrogens is 1. The highest BCUT2D eigenvalue weighted by Gasteiger charge is 2.26. The van der Waals surface area contributed by atoms with Crippen LogP contribution < -0.4 is 10.0 Å². The van der Waals surface area contributed by atoms with Crippen molar-refractivity contribution in [1.82, 2.24) is 14.0 Å². The normalized spacial score (nSPS) is 16.0. The second kappa shape index (κ2) is 8.56. The Bertz CT molecular complexity index is 1020. The second-order valence-electron chi connectivity index (χ2n) is 6.55. The first-order chi connectivity index (χ1) is 13.3. The second-order valence-corrected chi connectivity index (χ2v) is 10.4. The highest BCUT2D eigenvalue weighted by molar-refractivity contribution is 7.89. The SMILES string of the molecule is CNS(=O)(=O)c1cccc(CNc2ccc(S(=O)(=O)N3CCCCC3)cn2)c1. The average Bonchev–Trinajstić information content (AvgIpc) is 2.73. The Morgan fingerprint density at radius 1 is 1.00 bits per heavy atom. The van der Waals surface area contributed by atoms with Crippen LogP contribution in [0, 0.1) is 0 Å². The summed E-state index contributed by atoms with van der Waals surface area (Å²) >= 11 is 0. The number of benzene rings is 1. The van der Waals surface area contributed by atoms with E-state index in [0.717, 1.165) is 24.8 Å². The summed E-state index contributed by atoms with van der Waals surface area (Å²) in [5.74, 6) is 0.513. The monoisotopic (exact) mass is 424 g/mol. The summed E-state index contributed by atoms with van der Waals surface area (Å²) in [6, 6.07) is 9.73. The lowest BCUT2D eigenvalue weighted by Crippen LogP contribution is -2.35. The van der Waals surface area contributed by atoms with Gasteiger partial charge in [0.1, 0.15) is 10.7 Å². The highest BCUT2D eigenvalue weighted by Crippen LogP contribution is 2.21. The maximum atomic E-state index is 12.6. The van der Waals surface area contributed by atoms with Gasteiger partial charge in [0.2, 0.25) is 20.0 Å². The number of sulfonamides is 2. The molecule has 0 atom stereocenters. The minimum absolute atomic E-state index is 0.182. The van der Waals surface area contributed by atoms with E-state index in [1.54, 1.807) is 30.3 Å². The third kappa shape index (κ3) is 4.69. The van der Waals surface area contributed by atoms with Gasteiger partial charge in [-0.3, -0.25) is 0 Å². The summed E-state index contributed by atoms with van der Waals surface area (Å²) < 4.78 is 52.8. The molecule has 0 saturated carbocycles. The van der Waals surface area contributed by atoms with E-state index < -0.39 is 20.0 Å². The summed E-state index contributed by atoms with van der Waals surface area (Å²) in [4.78, 5) is 4.56. The summed E-state index contributed by atoms with van der Waals surface area (Å²) in [5, 5.41) is 3.08. The van der Waals surface area contributed by atoms with Crippen molar-refractivity contribution < 1.29 is 16.8 Å². The molecule has 2 aromatic rings. The van der Waals surface area contributed by atoms with Crippen molar-refractivity contribution in [3.8, 4) is 0 Å². The number of nitrogens with one attached hydrogen (secondary N) is 2. The first-order valence-corrected chi connectivity index (χ1v) is 12.0. The predicted octanol–water partition coefficient (Wildman–Crippen LogP) is 1.78. The molecule has 1 aliphatic heterocycles. The third-order valence-corrected chi connectivity index (χ3v) is 7.93. The molecular formula is C18H24N4O4S2. The number of hydrogen-bond acceptors (Lipinski definition) is 6. The Morgan fingerprint density at radius 3 is 2.39 bits per heavy atom. The van der Waals surface area contributed by atoms with Gasteiger partial charge in [0.15, 0.2) is 0 Å². The molecule has 1 aromatic carbocycles. The van der Waals surface area contributed by atoms with Crippen LogP contribution in [-0.4, -0.2) is 46.3 Å². The number of pyridine rings is 1. The largest absolute Gasteiger partial charge is 0.366 e. The fourth-order valence-corrected chi connectivity index (χ4v) is 5.29. The van der Waals surface area contributed by atoms with Crippen LogP contribution in [0.4, 0.5) is 5.82 Å². The van der Waals surface area contributed by atoms with Gasteiger partial charge in [0.05, 0.1) is 4.90 Å². The van der Waals surface area contributed by atoms with Crippen molar-refractivity contribution in [3.05, 3.63) is 48.2 Å².